The van der Waals surface area contributed by atoms with Gasteiger partial charge >= 0.3 is 0 Å². The second kappa shape index (κ2) is 4.97. The molecule has 0 N–H and O–H groups in total. The average Bonchev–Trinajstić information content (AvgIpc) is 2.32. The van der Waals surface area contributed by atoms with E-state index in [4.69, 9.17) is 0 Å². The van der Waals surface area contributed by atoms with Crippen molar-refractivity contribution in [2.45, 2.75) is 34.1 Å². The molecule has 2 rings (SSSR count). The Balaban J connectivity index is 2.36. The lowest BCUT2D eigenvalue weighted by Gasteiger charge is -2.37. The van der Waals surface area contributed by atoms with E-state index >= 15 is 0 Å². The molecule has 1 saturated heterocycles. The minimum Gasteiger partial charge on any atom is -0.370 e. The minimum absolute atomic E-state index is 0.680. The van der Waals surface area contributed by atoms with E-state index in [0.29, 0.717) is 5.92 Å². The molecule has 18 heavy (non-hydrogen) atoms. The summed E-state index contributed by atoms with van der Waals surface area (Å²) in [6.07, 6.45) is 1.20. The van der Waals surface area contributed by atoms with E-state index in [0.717, 1.165) is 41.6 Å². The van der Waals surface area contributed by atoms with Gasteiger partial charge < -0.3 is 4.90 Å². The van der Waals surface area contributed by atoms with Crippen molar-refractivity contribution in [3.8, 4) is 6.07 Å². The number of nitriles is 1. The quantitative estimate of drug-likeness (QED) is 0.761. The van der Waals surface area contributed by atoms with Gasteiger partial charge in [-0.3, -0.25) is 4.98 Å². The zero-order valence-electron chi connectivity index (χ0n) is 11.7. The van der Waals surface area contributed by atoms with Crippen molar-refractivity contribution in [1.82, 2.24) is 4.98 Å². The maximum atomic E-state index is 9.32. The van der Waals surface area contributed by atoms with Gasteiger partial charge in [-0.05, 0) is 38.2 Å². The lowest BCUT2D eigenvalue weighted by molar-refractivity contribution is 0.324. The van der Waals surface area contributed by atoms with Crippen molar-refractivity contribution in [3.05, 3.63) is 23.0 Å². The van der Waals surface area contributed by atoms with Crippen molar-refractivity contribution in [3.63, 3.8) is 0 Å². The van der Waals surface area contributed by atoms with Crippen LogP contribution in [0.3, 0.4) is 0 Å². The van der Waals surface area contributed by atoms with Crippen molar-refractivity contribution < 1.29 is 0 Å². The van der Waals surface area contributed by atoms with E-state index in [1.54, 1.807) is 0 Å². The predicted octanol–water partition coefficient (Wildman–Crippen LogP) is 3.05. The van der Waals surface area contributed by atoms with E-state index in [1.807, 2.05) is 19.9 Å². The van der Waals surface area contributed by atoms with E-state index in [1.165, 1.54) is 6.42 Å². The summed E-state index contributed by atoms with van der Waals surface area (Å²) in [5, 5.41) is 9.32. The van der Waals surface area contributed by atoms with Crippen LogP contribution in [0.1, 0.15) is 37.2 Å². The van der Waals surface area contributed by atoms with Gasteiger partial charge in [0.1, 0.15) is 6.07 Å². The Labute approximate surface area is 109 Å². The molecule has 1 aliphatic heterocycles. The van der Waals surface area contributed by atoms with Crippen LogP contribution >= 0.6 is 0 Å². The van der Waals surface area contributed by atoms with Gasteiger partial charge in [-0.15, -0.1) is 0 Å². The van der Waals surface area contributed by atoms with Gasteiger partial charge in [-0.25, -0.2) is 0 Å². The molecule has 96 valence electrons. The van der Waals surface area contributed by atoms with Gasteiger partial charge in [0.2, 0.25) is 0 Å². The molecule has 1 aliphatic rings. The summed E-state index contributed by atoms with van der Waals surface area (Å²) in [5.74, 6) is 1.45. The first-order valence-electron chi connectivity index (χ1n) is 6.66. The number of aromatic nitrogens is 1. The van der Waals surface area contributed by atoms with Gasteiger partial charge in [0.15, 0.2) is 0 Å². The second-order valence-corrected chi connectivity index (χ2v) is 5.54. The van der Waals surface area contributed by atoms with Crippen molar-refractivity contribution >= 4 is 5.69 Å². The maximum absolute atomic E-state index is 9.32. The Morgan fingerprint density at radius 3 is 2.67 bits per heavy atom. The first kappa shape index (κ1) is 12.9. The summed E-state index contributed by atoms with van der Waals surface area (Å²) < 4.78 is 0. The number of pyridine rings is 1. The zero-order chi connectivity index (χ0) is 13.3. The predicted molar refractivity (Wildman–Crippen MR) is 73.6 cm³/mol. The fourth-order valence-electron chi connectivity index (χ4n) is 2.68. The molecule has 2 atom stereocenters. The van der Waals surface area contributed by atoms with E-state index < -0.39 is 0 Å². The van der Waals surface area contributed by atoms with Crippen LogP contribution in [-0.4, -0.2) is 18.1 Å². The summed E-state index contributed by atoms with van der Waals surface area (Å²) in [6, 6.07) is 4.36. The standard InChI is InChI=1S/C15H21N3/c1-10-5-6-18(9-11(10)2)15-7-12(3)17-13(4)14(15)8-16/h7,10-11H,5-6,9H2,1-4H3. The smallest absolute Gasteiger partial charge is 0.103 e. The lowest BCUT2D eigenvalue weighted by atomic mass is 9.88. The first-order valence-corrected chi connectivity index (χ1v) is 6.66. The average molecular weight is 243 g/mol. The molecule has 2 heterocycles. The molecule has 0 saturated carbocycles. The topological polar surface area (TPSA) is 39.9 Å². The Morgan fingerprint density at radius 1 is 1.33 bits per heavy atom. The number of nitrogens with zero attached hydrogens (tertiary/aromatic N) is 3. The van der Waals surface area contributed by atoms with E-state index in [-0.39, 0.29) is 0 Å². The fraction of sp³-hybridized carbons (Fsp3) is 0.600. The van der Waals surface area contributed by atoms with Crippen molar-refractivity contribution in [2.75, 3.05) is 18.0 Å². The fourth-order valence-corrected chi connectivity index (χ4v) is 2.68. The zero-order valence-corrected chi connectivity index (χ0v) is 11.7. The number of rotatable bonds is 1. The van der Waals surface area contributed by atoms with Gasteiger partial charge in [0, 0.05) is 18.8 Å². The van der Waals surface area contributed by atoms with Crippen molar-refractivity contribution in [1.29, 1.82) is 5.26 Å². The molecular formula is C15H21N3. The number of hydrogen-bond acceptors (Lipinski definition) is 3. The molecule has 3 heteroatoms. The summed E-state index contributed by atoms with van der Waals surface area (Å²) in [4.78, 5) is 6.74. The van der Waals surface area contributed by atoms with Crippen LogP contribution in [-0.2, 0) is 0 Å². The van der Waals surface area contributed by atoms with E-state index in [2.05, 4.69) is 29.8 Å². The highest BCUT2D eigenvalue weighted by molar-refractivity contribution is 5.61. The van der Waals surface area contributed by atoms with Gasteiger partial charge in [0.25, 0.3) is 0 Å². The summed E-state index contributed by atoms with van der Waals surface area (Å²) in [5.41, 5.74) is 3.65. The number of anilines is 1. The largest absolute Gasteiger partial charge is 0.370 e. The van der Waals surface area contributed by atoms with Crippen LogP contribution in [0.25, 0.3) is 0 Å². The second-order valence-electron chi connectivity index (χ2n) is 5.54. The summed E-state index contributed by atoms with van der Waals surface area (Å²) in [6.45, 7) is 10.6. The molecular weight excluding hydrogens is 222 g/mol. The Kier molecular flexibility index (Phi) is 3.56. The lowest BCUT2D eigenvalue weighted by Crippen LogP contribution is -2.39. The van der Waals surface area contributed by atoms with Crippen LogP contribution in [0.2, 0.25) is 0 Å². The van der Waals surface area contributed by atoms with Crippen LogP contribution in [0, 0.1) is 37.0 Å². The maximum Gasteiger partial charge on any atom is 0.103 e. The van der Waals surface area contributed by atoms with Crippen molar-refractivity contribution in [2.24, 2.45) is 11.8 Å². The van der Waals surface area contributed by atoms with Gasteiger partial charge in [-0.2, -0.15) is 5.26 Å². The normalized spacial score (nSPS) is 23.8. The molecule has 3 nitrogen and oxygen atoms in total. The molecule has 0 aromatic carbocycles. The molecule has 2 unspecified atom stereocenters. The Morgan fingerprint density at radius 2 is 2.06 bits per heavy atom. The molecule has 1 fully saturated rings. The number of aryl methyl sites for hydroxylation is 2. The highest BCUT2D eigenvalue weighted by Crippen LogP contribution is 2.30. The minimum atomic E-state index is 0.680. The molecule has 1 aromatic heterocycles. The molecule has 1 aromatic rings. The third kappa shape index (κ3) is 2.33. The van der Waals surface area contributed by atoms with Gasteiger partial charge in [-0.1, -0.05) is 13.8 Å². The summed E-state index contributed by atoms with van der Waals surface area (Å²) in [7, 11) is 0. The monoisotopic (exact) mass is 243 g/mol. The third-order valence-electron chi connectivity index (χ3n) is 4.09. The highest BCUT2D eigenvalue weighted by Gasteiger charge is 2.25. The van der Waals surface area contributed by atoms with Gasteiger partial charge in [0.05, 0.1) is 16.9 Å². The molecule has 0 spiro atoms. The third-order valence-corrected chi connectivity index (χ3v) is 4.09. The van der Waals surface area contributed by atoms with Crippen LogP contribution in [0.5, 0.6) is 0 Å². The number of piperidine rings is 1. The SMILES string of the molecule is Cc1cc(N2CCC(C)C(C)C2)c(C#N)c(C)n1. The first-order chi connectivity index (χ1) is 8.52. The molecule has 0 aliphatic carbocycles. The summed E-state index contributed by atoms with van der Waals surface area (Å²) >= 11 is 0. The van der Waals surface area contributed by atoms with Crippen LogP contribution in [0.15, 0.2) is 6.07 Å². The van der Waals surface area contributed by atoms with Crippen LogP contribution < -0.4 is 4.90 Å². The Hall–Kier alpha value is -1.56. The molecule has 0 radical (unpaired) electrons. The molecule has 0 bridgehead atoms. The van der Waals surface area contributed by atoms with E-state index in [9.17, 15) is 5.26 Å². The number of hydrogen-bond donors (Lipinski definition) is 0. The Bertz CT molecular complexity index is 487. The highest BCUT2D eigenvalue weighted by atomic mass is 15.1. The molecule has 0 amide bonds. The van der Waals surface area contributed by atoms with Crippen LogP contribution in [0.4, 0.5) is 5.69 Å².